The van der Waals surface area contributed by atoms with Gasteiger partial charge in [-0.1, -0.05) is 0 Å². The van der Waals surface area contributed by atoms with Crippen molar-refractivity contribution in [3.63, 3.8) is 0 Å². The van der Waals surface area contributed by atoms with Crippen molar-refractivity contribution in [3.05, 3.63) is 18.0 Å². The number of carbonyl (C=O) groups excluding carboxylic acids is 1. The molecule has 1 aromatic rings. The smallest absolute Gasteiger partial charge is 0.169 e. The normalized spacial score (nSPS) is 26.7. The van der Waals surface area contributed by atoms with E-state index in [9.17, 15) is 4.79 Å². The van der Waals surface area contributed by atoms with Gasteiger partial charge in [0.05, 0.1) is 11.8 Å². The van der Waals surface area contributed by atoms with Crippen molar-refractivity contribution in [1.82, 2.24) is 9.78 Å². The fourth-order valence-corrected chi connectivity index (χ4v) is 2.04. The van der Waals surface area contributed by atoms with Gasteiger partial charge in [0.1, 0.15) is 0 Å². The molecule has 14 heavy (non-hydrogen) atoms. The number of aromatic nitrogens is 2. The van der Waals surface area contributed by atoms with E-state index in [0.717, 1.165) is 19.3 Å². The van der Waals surface area contributed by atoms with Gasteiger partial charge < -0.3 is 5.73 Å². The van der Waals surface area contributed by atoms with Gasteiger partial charge in [0.15, 0.2) is 5.78 Å². The molecule has 1 aliphatic rings. The zero-order chi connectivity index (χ0) is 10.1. The van der Waals surface area contributed by atoms with Gasteiger partial charge in [0.25, 0.3) is 0 Å². The van der Waals surface area contributed by atoms with E-state index in [-0.39, 0.29) is 17.7 Å². The van der Waals surface area contributed by atoms with E-state index in [4.69, 9.17) is 5.73 Å². The number of nitrogens with two attached hydrogens (primary N) is 1. The Kier molecular flexibility index (Phi) is 2.37. The summed E-state index contributed by atoms with van der Waals surface area (Å²) in [5, 5.41) is 3.99. The first-order valence-corrected chi connectivity index (χ1v) is 4.95. The summed E-state index contributed by atoms with van der Waals surface area (Å²) in [6.07, 6.45) is 6.12. The summed E-state index contributed by atoms with van der Waals surface area (Å²) < 4.78 is 1.65. The number of nitrogens with zero attached hydrogens (tertiary/aromatic N) is 2. The summed E-state index contributed by atoms with van der Waals surface area (Å²) in [5.41, 5.74) is 6.49. The molecule has 76 valence electrons. The molecule has 2 rings (SSSR count). The number of aryl methyl sites for hydroxylation is 1. The van der Waals surface area contributed by atoms with Gasteiger partial charge in [-0.05, 0) is 19.3 Å². The summed E-state index contributed by atoms with van der Waals surface area (Å²) >= 11 is 0. The van der Waals surface area contributed by atoms with E-state index >= 15 is 0 Å². The first kappa shape index (κ1) is 9.40. The number of ketones is 1. The average molecular weight is 193 g/mol. The minimum atomic E-state index is 0.120. The first-order valence-electron chi connectivity index (χ1n) is 4.95. The van der Waals surface area contributed by atoms with E-state index in [1.165, 1.54) is 0 Å². The number of Topliss-reactive ketones (excluding diaryl/α,β-unsaturated/α-hetero) is 1. The molecule has 1 fully saturated rings. The molecule has 2 unspecified atom stereocenters. The third kappa shape index (κ3) is 1.70. The molecule has 0 aliphatic heterocycles. The zero-order valence-electron chi connectivity index (χ0n) is 8.31. The second-order valence-electron chi connectivity index (χ2n) is 4.04. The van der Waals surface area contributed by atoms with Crippen LogP contribution < -0.4 is 5.73 Å². The summed E-state index contributed by atoms with van der Waals surface area (Å²) in [6, 6.07) is 0.209. The van der Waals surface area contributed by atoms with Crippen LogP contribution in [0.2, 0.25) is 0 Å². The SMILES string of the molecule is Cn1cc(C(=O)C2CCC(N)C2)cn1. The van der Waals surface area contributed by atoms with Crippen molar-refractivity contribution in [3.8, 4) is 0 Å². The van der Waals surface area contributed by atoms with Crippen LogP contribution in [-0.2, 0) is 7.05 Å². The lowest BCUT2D eigenvalue weighted by molar-refractivity contribution is 0.0922. The molecule has 2 N–H and O–H groups in total. The maximum Gasteiger partial charge on any atom is 0.169 e. The van der Waals surface area contributed by atoms with Crippen LogP contribution >= 0.6 is 0 Å². The van der Waals surface area contributed by atoms with Crippen LogP contribution in [0.3, 0.4) is 0 Å². The van der Waals surface area contributed by atoms with Crippen LogP contribution in [-0.4, -0.2) is 21.6 Å². The van der Waals surface area contributed by atoms with E-state index in [0.29, 0.717) is 5.56 Å². The standard InChI is InChI=1S/C10H15N3O/c1-13-6-8(5-12-13)10(14)7-2-3-9(11)4-7/h5-7,9H,2-4,11H2,1H3. The highest BCUT2D eigenvalue weighted by atomic mass is 16.1. The van der Waals surface area contributed by atoms with Crippen LogP contribution in [0.1, 0.15) is 29.6 Å². The van der Waals surface area contributed by atoms with Crippen molar-refractivity contribution in [2.75, 3.05) is 0 Å². The van der Waals surface area contributed by atoms with Crippen molar-refractivity contribution in [1.29, 1.82) is 0 Å². The summed E-state index contributed by atoms with van der Waals surface area (Å²) in [7, 11) is 1.82. The Balaban J connectivity index is 2.09. The average Bonchev–Trinajstić information content (AvgIpc) is 2.73. The van der Waals surface area contributed by atoms with Crippen LogP contribution in [0.25, 0.3) is 0 Å². The van der Waals surface area contributed by atoms with Gasteiger partial charge in [-0.25, -0.2) is 0 Å². The third-order valence-electron chi connectivity index (χ3n) is 2.83. The molecule has 0 bridgehead atoms. The second-order valence-corrected chi connectivity index (χ2v) is 4.04. The van der Waals surface area contributed by atoms with E-state index in [1.807, 2.05) is 7.05 Å². The molecule has 0 aromatic carbocycles. The lowest BCUT2D eigenvalue weighted by Crippen LogP contribution is -2.17. The van der Waals surface area contributed by atoms with Crippen molar-refractivity contribution in [2.24, 2.45) is 18.7 Å². The molecule has 0 saturated heterocycles. The first-order chi connectivity index (χ1) is 6.66. The zero-order valence-corrected chi connectivity index (χ0v) is 8.31. The molecular weight excluding hydrogens is 178 g/mol. The van der Waals surface area contributed by atoms with Crippen LogP contribution in [0.4, 0.5) is 0 Å². The minimum Gasteiger partial charge on any atom is -0.328 e. The fourth-order valence-electron chi connectivity index (χ4n) is 2.04. The topological polar surface area (TPSA) is 60.9 Å². The highest BCUT2D eigenvalue weighted by Gasteiger charge is 2.28. The highest BCUT2D eigenvalue weighted by Crippen LogP contribution is 2.27. The quantitative estimate of drug-likeness (QED) is 0.704. The molecule has 1 aromatic heterocycles. The van der Waals surface area contributed by atoms with Gasteiger partial charge >= 0.3 is 0 Å². The monoisotopic (exact) mass is 193 g/mol. The summed E-state index contributed by atoms with van der Waals surface area (Å²) in [5.74, 6) is 0.320. The largest absolute Gasteiger partial charge is 0.328 e. The third-order valence-corrected chi connectivity index (χ3v) is 2.83. The fraction of sp³-hybridized carbons (Fsp3) is 0.600. The molecule has 0 spiro atoms. The molecule has 1 heterocycles. The lowest BCUT2D eigenvalue weighted by atomic mass is 9.98. The Morgan fingerprint density at radius 3 is 2.93 bits per heavy atom. The second kappa shape index (κ2) is 3.53. The number of hydrogen-bond acceptors (Lipinski definition) is 3. The number of hydrogen-bond donors (Lipinski definition) is 1. The number of rotatable bonds is 2. The lowest BCUT2D eigenvalue weighted by Gasteiger charge is -2.05. The van der Waals surface area contributed by atoms with Gasteiger partial charge in [-0.3, -0.25) is 9.48 Å². The Bertz CT molecular complexity index is 345. The van der Waals surface area contributed by atoms with Crippen molar-refractivity contribution >= 4 is 5.78 Å². The maximum atomic E-state index is 11.9. The highest BCUT2D eigenvalue weighted by molar-refractivity contribution is 5.97. The molecule has 4 heteroatoms. The Morgan fingerprint density at radius 2 is 2.43 bits per heavy atom. The molecule has 1 saturated carbocycles. The predicted molar refractivity (Wildman–Crippen MR) is 52.9 cm³/mol. The Labute approximate surface area is 83.1 Å². The molecule has 4 nitrogen and oxygen atoms in total. The molecule has 2 atom stereocenters. The summed E-state index contributed by atoms with van der Waals surface area (Å²) in [4.78, 5) is 11.9. The van der Waals surface area contributed by atoms with Gasteiger partial charge in [0, 0.05) is 25.2 Å². The molecule has 0 amide bonds. The van der Waals surface area contributed by atoms with E-state index in [2.05, 4.69) is 5.10 Å². The van der Waals surface area contributed by atoms with Crippen LogP contribution in [0.5, 0.6) is 0 Å². The molecule has 1 aliphatic carbocycles. The van der Waals surface area contributed by atoms with Crippen LogP contribution in [0, 0.1) is 5.92 Å². The van der Waals surface area contributed by atoms with Gasteiger partial charge in [0.2, 0.25) is 0 Å². The van der Waals surface area contributed by atoms with Crippen molar-refractivity contribution in [2.45, 2.75) is 25.3 Å². The molecular formula is C10H15N3O. The van der Waals surface area contributed by atoms with E-state index in [1.54, 1.807) is 17.1 Å². The number of carbonyl (C=O) groups is 1. The Hall–Kier alpha value is -1.16. The molecule has 0 radical (unpaired) electrons. The maximum absolute atomic E-state index is 11.9. The predicted octanol–water partition coefficient (Wildman–Crippen LogP) is 0.730. The minimum absolute atomic E-state index is 0.120. The van der Waals surface area contributed by atoms with Crippen LogP contribution in [0.15, 0.2) is 12.4 Å². The van der Waals surface area contributed by atoms with E-state index < -0.39 is 0 Å². The van der Waals surface area contributed by atoms with Gasteiger partial charge in [-0.15, -0.1) is 0 Å². The Morgan fingerprint density at radius 1 is 1.64 bits per heavy atom. The van der Waals surface area contributed by atoms with Gasteiger partial charge in [-0.2, -0.15) is 5.10 Å². The van der Waals surface area contributed by atoms with Crippen molar-refractivity contribution < 1.29 is 4.79 Å². The summed E-state index contributed by atoms with van der Waals surface area (Å²) in [6.45, 7) is 0.